The maximum Gasteiger partial charge on any atom is 0.387 e. The van der Waals surface area contributed by atoms with Crippen molar-refractivity contribution in [2.45, 2.75) is 30.8 Å². The van der Waals surface area contributed by atoms with Crippen LogP contribution in [0.5, 0.6) is 5.75 Å². The number of nitrogens with one attached hydrogen (secondary N) is 1. The molecule has 9 heteroatoms. The monoisotopic (exact) mass is 436 g/mol. The summed E-state index contributed by atoms with van der Waals surface area (Å²) in [6.07, 6.45) is 5.19. The molecule has 1 amide bonds. The Balaban J connectivity index is 1.71. The summed E-state index contributed by atoms with van der Waals surface area (Å²) in [5.74, 6) is -0.583. The van der Waals surface area contributed by atoms with Gasteiger partial charge in [-0.25, -0.2) is 8.42 Å². The average molecular weight is 436 g/mol. The first-order chi connectivity index (χ1) is 14.4. The number of benzene rings is 2. The van der Waals surface area contributed by atoms with Gasteiger partial charge in [-0.2, -0.15) is 13.1 Å². The number of para-hydroxylation sites is 1. The maximum absolute atomic E-state index is 12.8. The van der Waals surface area contributed by atoms with E-state index in [0.29, 0.717) is 24.3 Å². The number of carbonyl (C=O) groups is 1. The molecule has 0 aliphatic carbocycles. The number of piperidine rings is 1. The van der Waals surface area contributed by atoms with Gasteiger partial charge in [0.2, 0.25) is 15.9 Å². The topological polar surface area (TPSA) is 75.7 Å². The fraction of sp³-hybridized carbons (Fsp3) is 0.286. The molecule has 2 aromatic rings. The van der Waals surface area contributed by atoms with Crippen molar-refractivity contribution in [2.75, 3.05) is 18.4 Å². The minimum Gasteiger partial charge on any atom is -0.434 e. The number of hydrogen-bond donors (Lipinski definition) is 1. The zero-order valence-electron chi connectivity index (χ0n) is 16.1. The quantitative estimate of drug-likeness (QED) is 0.663. The van der Waals surface area contributed by atoms with Crippen molar-refractivity contribution < 1.29 is 26.7 Å². The van der Waals surface area contributed by atoms with Gasteiger partial charge >= 0.3 is 6.61 Å². The number of ether oxygens (including phenoxy) is 1. The van der Waals surface area contributed by atoms with Crippen LogP contribution in [0.3, 0.4) is 0 Å². The van der Waals surface area contributed by atoms with Crippen LogP contribution in [0.4, 0.5) is 14.5 Å². The van der Waals surface area contributed by atoms with Crippen molar-refractivity contribution in [3.8, 4) is 5.75 Å². The Morgan fingerprint density at radius 1 is 1.07 bits per heavy atom. The van der Waals surface area contributed by atoms with Gasteiger partial charge in [-0.15, -0.1) is 0 Å². The van der Waals surface area contributed by atoms with Gasteiger partial charge in [0, 0.05) is 30.4 Å². The summed E-state index contributed by atoms with van der Waals surface area (Å²) < 4.78 is 56.4. The molecule has 1 heterocycles. The van der Waals surface area contributed by atoms with Gasteiger partial charge in [0.1, 0.15) is 5.75 Å². The first-order valence-corrected chi connectivity index (χ1v) is 10.9. The zero-order valence-corrected chi connectivity index (χ0v) is 16.9. The van der Waals surface area contributed by atoms with E-state index in [9.17, 15) is 22.0 Å². The predicted molar refractivity (Wildman–Crippen MR) is 110 cm³/mol. The van der Waals surface area contributed by atoms with Gasteiger partial charge in [0.15, 0.2) is 0 Å². The third kappa shape index (κ3) is 5.64. The number of carbonyl (C=O) groups excluding carboxylic acids is 1. The number of anilines is 1. The molecule has 0 radical (unpaired) electrons. The molecule has 3 rings (SSSR count). The molecular weight excluding hydrogens is 414 g/mol. The Hall–Kier alpha value is -2.78. The number of rotatable bonds is 7. The fourth-order valence-corrected chi connectivity index (χ4v) is 4.72. The largest absolute Gasteiger partial charge is 0.434 e. The molecule has 1 saturated heterocycles. The molecule has 0 atom stereocenters. The van der Waals surface area contributed by atoms with Crippen LogP contribution in [-0.4, -0.2) is 38.3 Å². The Morgan fingerprint density at radius 2 is 1.80 bits per heavy atom. The highest BCUT2D eigenvalue weighted by atomic mass is 32.2. The third-order valence-corrected chi connectivity index (χ3v) is 6.50. The minimum absolute atomic E-state index is 0.0498. The molecule has 0 spiro atoms. The van der Waals surface area contributed by atoms with E-state index in [1.807, 2.05) is 0 Å². The molecule has 6 nitrogen and oxygen atoms in total. The summed E-state index contributed by atoms with van der Waals surface area (Å²) in [4.78, 5) is 12.3. The highest BCUT2D eigenvalue weighted by molar-refractivity contribution is 7.89. The SMILES string of the molecule is O=C(C=Cc1ccccc1OC(F)F)Nc1cccc(S(=O)(=O)N2CCCCC2)c1. The molecule has 2 aromatic carbocycles. The number of alkyl halides is 2. The predicted octanol–water partition coefficient (Wildman–Crippen LogP) is 4.11. The van der Waals surface area contributed by atoms with Crippen LogP contribution in [-0.2, 0) is 14.8 Å². The molecule has 1 fully saturated rings. The number of halogens is 2. The number of nitrogens with zero attached hydrogens (tertiary/aromatic N) is 1. The molecule has 0 bridgehead atoms. The molecule has 0 saturated carbocycles. The maximum atomic E-state index is 12.8. The van der Waals surface area contributed by atoms with Crippen LogP contribution in [0.2, 0.25) is 0 Å². The van der Waals surface area contributed by atoms with Gasteiger partial charge in [-0.1, -0.05) is 30.7 Å². The van der Waals surface area contributed by atoms with Gasteiger partial charge in [-0.05, 0) is 43.2 Å². The van der Waals surface area contributed by atoms with E-state index in [-0.39, 0.29) is 10.6 Å². The Kier molecular flexibility index (Phi) is 7.17. The molecule has 0 aromatic heterocycles. The summed E-state index contributed by atoms with van der Waals surface area (Å²) in [6, 6.07) is 12.1. The van der Waals surface area contributed by atoms with Crippen molar-refractivity contribution >= 4 is 27.7 Å². The lowest BCUT2D eigenvalue weighted by atomic mass is 10.2. The number of amides is 1. The smallest absolute Gasteiger partial charge is 0.387 e. The van der Waals surface area contributed by atoms with Crippen LogP contribution in [0.25, 0.3) is 6.08 Å². The first kappa shape index (κ1) is 21.9. The van der Waals surface area contributed by atoms with E-state index in [2.05, 4.69) is 10.1 Å². The van der Waals surface area contributed by atoms with Crippen LogP contribution < -0.4 is 10.1 Å². The molecule has 1 aliphatic rings. The Labute approximate surface area is 174 Å². The second-order valence-corrected chi connectivity index (χ2v) is 8.67. The van der Waals surface area contributed by atoms with Crippen molar-refractivity contribution in [1.29, 1.82) is 0 Å². The minimum atomic E-state index is -3.62. The van der Waals surface area contributed by atoms with E-state index in [0.717, 1.165) is 19.3 Å². The first-order valence-electron chi connectivity index (χ1n) is 9.49. The molecule has 1 aliphatic heterocycles. The molecule has 30 heavy (non-hydrogen) atoms. The normalized spacial score (nSPS) is 15.4. The van der Waals surface area contributed by atoms with E-state index in [4.69, 9.17) is 0 Å². The van der Waals surface area contributed by atoms with Crippen molar-refractivity contribution in [3.05, 3.63) is 60.2 Å². The van der Waals surface area contributed by atoms with Crippen LogP contribution in [0.1, 0.15) is 24.8 Å². The molecular formula is C21H22F2N2O4S. The summed E-state index contributed by atoms with van der Waals surface area (Å²) >= 11 is 0. The average Bonchev–Trinajstić information content (AvgIpc) is 2.73. The van der Waals surface area contributed by atoms with Crippen molar-refractivity contribution in [1.82, 2.24) is 4.31 Å². The van der Waals surface area contributed by atoms with Gasteiger partial charge in [0.05, 0.1) is 4.90 Å². The van der Waals surface area contributed by atoms with Crippen LogP contribution in [0.15, 0.2) is 59.5 Å². The number of hydrogen-bond acceptors (Lipinski definition) is 4. The number of sulfonamides is 1. The zero-order chi connectivity index (χ0) is 21.6. The highest BCUT2D eigenvalue weighted by Gasteiger charge is 2.26. The van der Waals surface area contributed by atoms with Crippen molar-refractivity contribution in [3.63, 3.8) is 0 Å². The Morgan fingerprint density at radius 3 is 2.53 bits per heavy atom. The van der Waals surface area contributed by atoms with Gasteiger partial charge in [-0.3, -0.25) is 4.79 Å². The second kappa shape index (κ2) is 9.82. The standard InChI is InChI=1S/C21H22F2N2O4S/c22-21(23)29-19-10-3-2-7-16(19)11-12-20(26)24-17-8-6-9-18(15-17)30(27,28)25-13-4-1-5-14-25/h2-3,6-12,15,21H,1,4-5,13-14H2,(H,24,26). The second-order valence-electron chi connectivity index (χ2n) is 6.73. The Bertz CT molecular complexity index is 1020. The lowest BCUT2D eigenvalue weighted by Gasteiger charge is -2.26. The lowest BCUT2D eigenvalue weighted by molar-refractivity contribution is -0.111. The molecule has 1 N–H and O–H groups in total. The summed E-state index contributed by atoms with van der Waals surface area (Å²) in [7, 11) is -3.62. The third-order valence-electron chi connectivity index (χ3n) is 4.60. The van der Waals surface area contributed by atoms with Crippen LogP contribution in [0, 0.1) is 0 Å². The van der Waals surface area contributed by atoms with Gasteiger partial charge in [0.25, 0.3) is 0 Å². The molecule has 0 unspecified atom stereocenters. The summed E-state index contributed by atoms with van der Waals surface area (Å²) in [5, 5.41) is 2.59. The summed E-state index contributed by atoms with van der Waals surface area (Å²) in [6.45, 7) is -2.00. The van der Waals surface area contributed by atoms with E-state index in [1.165, 1.54) is 40.7 Å². The van der Waals surface area contributed by atoms with Crippen molar-refractivity contribution in [2.24, 2.45) is 0 Å². The molecule has 160 valence electrons. The van der Waals surface area contributed by atoms with Gasteiger partial charge < -0.3 is 10.1 Å². The highest BCUT2D eigenvalue weighted by Crippen LogP contribution is 2.24. The van der Waals surface area contributed by atoms with Crippen LogP contribution >= 0.6 is 0 Å². The van der Waals surface area contributed by atoms with E-state index >= 15 is 0 Å². The summed E-state index contributed by atoms with van der Waals surface area (Å²) in [5.41, 5.74) is 0.634. The van der Waals surface area contributed by atoms with E-state index < -0.39 is 22.5 Å². The lowest BCUT2D eigenvalue weighted by Crippen LogP contribution is -2.35. The fourth-order valence-electron chi connectivity index (χ4n) is 3.16. The van der Waals surface area contributed by atoms with E-state index in [1.54, 1.807) is 24.3 Å².